The molecule has 0 radical (unpaired) electrons. The van der Waals surface area contributed by atoms with Gasteiger partial charge in [0, 0.05) is 31.3 Å². The zero-order valence-corrected chi connectivity index (χ0v) is 32.2. The number of fused-ring (bicyclic) bond motifs is 2. The maximum absolute atomic E-state index is 13.7. The van der Waals surface area contributed by atoms with Gasteiger partial charge in [-0.15, -0.1) is 0 Å². The topological polar surface area (TPSA) is 76.2 Å². The first kappa shape index (κ1) is 38.7. The van der Waals surface area contributed by atoms with E-state index in [2.05, 4.69) is 53.4 Å². The number of imide groups is 1. The lowest BCUT2D eigenvalue weighted by Gasteiger charge is -2.41. The van der Waals surface area contributed by atoms with Crippen molar-refractivity contribution in [2.45, 2.75) is 62.8 Å². The minimum atomic E-state index is -0.345. The Bertz CT molecular complexity index is 2080. The lowest BCUT2D eigenvalue weighted by molar-refractivity contribution is -0.119. The van der Waals surface area contributed by atoms with E-state index in [0.29, 0.717) is 41.9 Å². The van der Waals surface area contributed by atoms with Gasteiger partial charge in [0.1, 0.15) is 11.6 Å². The lowest BCUT2D eigenvalue weighted by atomic mass is 9.68. The molecule has 5 aromatic rings. The largest absolute Gasteiger partial charge is 0.493 e. The number of carbonyl (C=O) groups excluding carboxylic acids is 3. The first-order valence-corrected chi connectivity index (χ1v) is 19.6. The summed E-state index contributed by atoms with van der Waals surface area (Å²) in [5.74, 6) is 0.667. The van der Waals surface area contributed by atoms with Gasteiger partial charge in [-0.05, 0) is 109 Å². The van der Waals surface area contributed by atoms with Crippen molar-refractivity contribution in [2.75, 3.05) is 33.9 Å². The second-order valence-electron chi connectivity index (χ2n) is 14.9. The number of aryl methyl sites for hydroxylation is 1. The fourth-order valence-electron chi connectivity index (χ4n) is 8.75. The van der Waals surface area contributed by atoms with E-state index in [1.165, 1.54) is 28.2 Å². The van der Waals surface area contributed by atoms with E-state index in [1.54, 1.807) is 50.6 Å². The van der Waals surface area contributed by atoms with Crippen LogP contribution in [0.4, 0.5) is 4.39 Å². The molecule has 2 heterocycles. The first-order chi connectivity index (χ1) is 27.3. The van der Waals surface area contributed by atoms with Gasteiger partial charge in [-0.1, -0.05) is 84.9 Å². The van der Waals surface area contributed by atoms with Crippen LogP contribution in [0.1, 0.15) is 93.1 Å². The number of benzene rings is 5. The molecule has 56 heavy (non-hydrogen) atoms. The van der Waals surface area contributed by atoms with Crippen LogP contribution in [0, 0.1) is 5.82 Å². The monoisotopic (exact) mass is 752 g/mol. The van der Waals surface area contributed by atoms with Gasteiger partial charge in [-0.2, -0.15) is 0 Å². The molecule has 0 spiro atoms. The molecule has 1 unspecified atom stereocenters. The molecule has 1 atom stereocenters. The first-order valence-electron chi connectivity index (χ1n) is 19.6. The fraction of sp³-hybridized carbons (Fsp3) is 0.312. The van der Waals surface area contributed by atoms with E-state index in [9.17, 15) is 18.8 Å². The number of rotatable bonds is 17. The second-order valence-corrected chi connectivity index (χ2v) is 14.9. The van der Waals surface area contributed by atoms with Crippen molar-refractivity contribution in [3.05, 3.63) is 166 Å². The maximum Gasteiger partial charge on any atom is 0.261 e. The summed E-state index contributed by atoms with van der Waals surface area (Å²) in [6.07, 6.45) is 5.48. The van der Waals surface area contributed by atoms with Gasteiger partial charge >= 0.3 is 0 Å². The maximum atomic E-state index is 13.7. The van der Waals surface area contributed by atoms with Gasteiger partial charge in [0.15, 0.2) is 11.5 Å². The Morgan fingerprint density at radius 3 is 1.91 bits per heavy atom. The number of nitrogens with zero attached hydrogens (tertiary/aromatic N) is 2. The van der Waals surface area contributed by atoms with Crippen molar-refractivity contribution in [1.82, 2.24) is 9.80 Å². The standard InChI is InChI=1S/C48H49FN2O5/c1-55-44-31-35-26-30-50(43(42(35)32-45(44)56-2)33-51-46(53)40-18-9-10-19-41(40)47(51)54)29-12-28-48(36-13-5-3-6-14-36,37-15-7-4-8-16-37)27-11-17-39(52)25-22-34-20-23-38(49)24-21-34/h3-10,13-16,18-21,23-24,31-32,43H,11-12,17,22,25-30,33H2,1-2H3. The summed E-state index contributed by atoms with van der Waals surface area (Å²) in [5, 5.41) is 0. The molecule has 7 rings (SSSR count). The van der Waals surface area contributed by atoms with Crippen LogP contribution in [0.25, 0.3) is 0 Å². The average molecular weight is 753 g/mol. The quantitative estimate of drug-likeness (QED) is 0.0883. The molecule has 0 fully saturated rings. The Morgan fingerprint density at radius 1 is 0.732 bits per heavy atom. The number of ether oxygens (including phenoxy) is 2. The number of Topliss-reactive ketones (excluding diaryl/α,β-unsaturated/α-hetero) is 1. The molecule has 7 nitrogen and oxygen atoms in total. The van der Waals surface area contributed by atoms with Crippen LogP contribution < -0.4 is 9.47 Å². The Labute approximate surface area is 329 Å². The molecule has 8 heteroatoms. The third-order valence-corrected chi connectivity index (χ3v) is 11.7. The summed E-state index contributed by atoms with van der Waals surface area (Å²) in [6, 6.07) is 38.4. The molecule has 0 aromatic heterocycles. The van der Waals surface area contributed by atoms with E-state index < -0.39 is 0 Å². The normalized spacial score (nSPS) is 15.4. The number of ketones is 1. The van der Waals surface area contributed by atoms with E-state index in [1.807, 2.05) is 24.3 Å². The van der Waals surface area contributed by atoms with Crippen molar-refractivity contribution in [2.24, 2.45) is 0 Å². The van der Waals surface area contributed by atoms with E-state index >= 15 is 0 Å². The Hall–Kier alpha value is -5.60. The SMILES string of the molecule is COc1cc2c(cc1OC)C(CN1C(=O)c3ccccc3C1=O)N(CCCC(CCCC(=O)CCc1ccc(F)cc1)(c1ccccc1)c1ccccc1)CC2. The van der Waals surface area contributed by atoms with Crippen LogP contribution in [0.15, 0.2) is 121 Å². The molecule has 2 aliphatic heterocycles. The highest BCUT2D eigenvalue weighted by Crippen LogP contribution is 2.43. The molecule has 0 aliphatic carbocycles. The molecule has 2 aliphatic rings. The number of carbonyl (C=O) groups is 3. The summed E-state index contributed by atoms with van der Waals surface area (Å²) in [7, 11) is 3.25. The predicted octanol–water partition coefficient (Wildman–Crippen LogP) is 9.18. The van der Waals surface area contributed by atoms with Crippen LogP contribution >= 0.6 is 0 Å². The van der Waals surface area contributed by atoms with Crippen LogP contribution in [-0.2, 0) is 23.1 Å². The third-order valence-electron chi connectivity index (χ3n) is 11.7. The third kappa shape index (κ3) is 8.17. The van der Waals surface area contributed by atoms with Crippen molar-refractivity contribution in [3.63, 3.8) is 0 Å². The Morgan fingerprint density at radius 2 is 1.30 bits per heavy atom. The van der Waals surface area contributed by atoms with E-state index in [4.69, 9.17) is 9.47 Å². The van der Waals surface area contributed by atoms with E-state index in [0.717, 1.165) is 61.9 Å². The van der Waals surface area contributed by atoms with Crippen molar-refractivity contribution >= 4 is 17.6 Å². The molecule has 2 amide bonds. The van der Waals surface area contributed by atoms with Crippen molar-refractivity contribution < 1.29 is 28.2 Å². The fourth-order valence-corrected chi connectivity index (χ4v) is 8.75. The summed E-state index contributed by atoms with van der Waals surface area (Å²) in [4.78, 5) is 44.3. The molecule has 0 saturated carbocycles. The minimum Gasteiger partial charge on any atom is -0.493 e. The van der Waals surface area contributed by atoms with Gasteiger partial charge in [-0.25, -0.2) is 4.39 Å². The van der Waals surface area contributed by atoms with Gasteiger partial charge in [0.05, 0.1) is 31.4 Å². The van der Waals surface area contributed by atoms with Gasteiger partial charge < -0.3 is 9.47 Å². The zero-order chi connectivity index (χ0) is 39.1. The van der Waals surface area contributed by atoms with Crippen molar-refractivity contribution in [1.29, 1.82) is 0 Å². The molecule has 5 aromatic carbocycles. The number of amides is 2. The summed E-state index contributed by atoms with van der Waals surface area (Å²) in [5.41, 5.74) is 6.08. The number of hydrogen-bond acceptors (Lipinski definition) is 6. The highest BCUT2D eigenvalue weighted by atomic mass is 19.1. The number of methoxy groups -OCH3 is 2. The van der Waals surface area contributed by atoms with Crippen LogP contribution in [0.5, 0.6) is 11.5 Å². The van der Waals surface area contributed by atoms with Gasteiger partial charge in [0.2, 0.25) is 0 Å². The molecule has 288 valence electrons. The van der Waals surface area contributed by atoms with Gasteiger partial charge in [-0.3, -0.25) is 24.2 Å². The minimum absolute atomic E-state index is 0.208. The Balaban J connectivity index is 1.14. The second kappa shape index (κ2) is 17.5. The van der Waals surface area contributed by atoms with Crippen LogP contribution in [0.3, 0.4) is 0 Å². The molecule has 0 N–H and O–H groups in total. The van der Waals surface area contributed by atoms with Crippen molar-refractivity contribution in [3.8, 4) is 11.5 Å². The smallest absolute Gasteiger partial charge is 0.261 e. The van der Waals surface area contributed by atoms with Crippen LogP contribution in [0.2, 0.25) is 0 Å². The van der Waals surface area contributed by atoms with E-state index in [-0.39, 0.29) is 41.4 Å². The van der Waals surface area contributed by atoms with Crippen LogP contribution in [-0.4, -0.2) is 61.3 Å². The molecule has 0 bridgehead atoms. The zero-order valence-electron chi connectivity index (χ0n) is 32.2. The molecular weight excluding hydrogens is 704 g/mol. The Kier molecular flexibility index (Phi) is 12.1. The molecular formula is C48H49FN2O5. The highest BCUT2D eigenvalue weighted by Gasteiger charge is 2.40. The summed E-state index contributed by atoms with van der Waals surface area (Å²) < 4.78 is 24.8. The predicted molar refractivity (Wildman–Crippen MR) is 216 cm³/mol. The summed E-state index contributed by atoms with van der Waals surface area (Å²) in [6.45, 7) is 1.71. The summed E-state index contributed by atoms with van der Waals surface area (Å²) >= 11 is 0. The lowest BCUT2D eigenvalue weighted by Crippen LogP contribution is -2.44. The highest BCUT2D eigenvalue weighted by molar-refractivity contribution is 6.21. The number of hydrogen-bond donors (Lipinski definition) is 0. The average Bonchev–Trinajstić information content (AvgIpc) is 3.48. The number of halogens is 1. The van der Waals surface area contributed by atoms with Gasteiger partial charge in [0.25, 0.3) is 11.8 Å². The molecule has 0 saturated heterocycles.